The highest BCUT2D eigenvalue weighted by Gasteiger charge is 2.11. The van der Waals surface area contributed by atoms with Crippen LogP contribution in [0.4, 0.5) is 17.1 Å². The average Bonchev–Trinajstić information content (AvgIpc) is 2.52. The van der Waals surface area contributed by atoms with Crippen molar-refractivity contribution in [2.45, 2.75) is 26.7 Å². The lowest BCUT2D eigenvalue weighted by Crippen LogP contribution is -2.18. The molecule has 0 fully saturated rings. The third kappa shape index (κ3) is 3.91. The van der Waals surface area contributed by atoms with Crippen molar-refractivity contribution in [1.29, 1.82) is 0 Å². The van der Waals surface area contributed by atoms with E-state index in [-0.39, 0.29) is 0 Å². The van der Waals surface area contributed by atoms with E-state index in [1.165, 1.54) is 5.69 Å². The van der Waals surface area contributed by atoms with Crippen molar-refractivity contribution in [2.24, 2.45) is 0 Å². The Morgan fingerprint density at radius 2 is 1.76 bits per heavy atom. The maximum Gasteiger partial charge on any atom is 0.144 e. The summed E-state index contributed by atoms with van der Waals surface area (Å²) in [6.45, 7) is 5.78. The van der Waals surface area contributed by atoms with Gasteiger partial charge in [0, 0.05) is 24.0 Å². The van der Waals surface area contributed by atoms with E-state index < -0.39 is 0 Å². The first-order valence-electron chi connectivity index (χ1n) is 7.61. The summed E-state index contributed by atoms with van der Waals surface area (Å²) < 4.78 is 5.62. The Kier molecular flexibility index (Phi) is 5.50. The van der Waals surface area contributed by atoms with E-state index in [4.69, 9.17) is 10.5 Å². The van der Waals surface area contributed by atoms with Gasteiger partial charge in [-0.1, -0.05) is 31.5 Å². The van der Waals surface area contributed by atoms with Gasteiger partial charge in [-0.2, -0.15) is 0 Å². The van der Waals surface area contributed by atoms with Crippen LogP contribution < -0.4 is 15.4 Å². The lowest BCUT2D eigenvalue weighted by atomic mass is 10.2. The molecule has 0 aliphatic heterocycles. The summed E-state index contributed by atoms with van der Waals surface area (Å²) in [4.78, 5) is 2.31. The minimum Gasteiger partial charge on any atom is -0.492 e. The zero-order valence-corrected chi connectivity index (χ0v) is 12.9. The van der Waals surface area contributed by atoms with E-state index in [1.54, 1.807) is 0 Å². The molecule has 0 heterocycles. The lowest BCUT2D eigenvalue weighted by molar-refractivity contribution is 0.342. The predicted molar refractivity (Wildman–Crippen MR) is 90.4 cm³/mol. The Balaban J connectivity index is 2.34. The molecule has 0 aliphatic rings. The number of hydrogen-bond acceptors (Lipinski definition) is 3. The largest absolute Gasteiger partial charge is 0.492 e. The van der Waals surface area contributed by atoms with Gasteiger partial charge in [0.05, 0.1) is 12.3 Å². The van der Waals surface area contributed by atoms with Gasteiger partial charge in [-0.05, 0) is 37.6 Å². The fraction of sp³-hybridized carbons (Fsp3) is 0.333. The number of unbranched alkanes of at least 4 members (excludes halogenated alkanes) is 1. The summed E-state index contributed by atoms with van der Waals surface area (Å²) in [6.07, 6.45) is 2.31. The molecule has 0 bridgehead atoms. The van der Waals surface area contributed by atoms with Crippen LogP contribution in [0.3, 0.4) is 0 Å². The third-order valence-corrected chi connectivity index (χ3v) is 3.41. The van der Waals surface area contributed by atoms with Gasteiger partial charge in [-0.15, -0.1) is 0 Å². The maximum absolute atomic E-state index is 5.97. The highest BCUT2D eigenvalue weighted by atomic mass is 16.5. The molecule has 0 spiro atoms. The van der Waals surface area contributed by atoms with Crippen LogP contribution in [0.1, 0.15) is 26.7 Å². The van der Waals surface area contributed by atoms with Crippen LogP contribution in [-0.2, 0) is 0 Å². The first-order chi connectivity index (χ1) is 10.3. The summed E-state index contributed by atoms with van der Waals surface area (Å²) in [5.41, 5.74) is 8.97. The third-order valence-electron chi connectivity index (χ3n) is 3.41. The zero-order valence-electron chi connectivity index (χ0n) is 12.9. The molecule has 2 aromatic carbocycles. The van der Waals surface area contributed by atoms with Crippen molar-refractivity contribution in [2.75, 3.05) is 23.8 Å². The van der Waals surface area contributed by atoms with E-state index in [1.807, 2.05) is 25.1 Å². The van der Waals surface area contributed by atoms with Crippen LogP contribution in [0.5, 0.6) is 5.75 Å². The number of benzene rings is 2. The molecule has 3 nitrogen and oxygen atoms in total. The molecule has 2 N–H and O–H groups in total. The van der Waals surface area contributed by atoms with Crippen LogP contribution in [-0.4, -0.2) is 13.2 Å². The van der Waals surface area contributed by atoms with Crippen molar-refractivity contribution in [3.05, 3.63) is 48.5 Å². The zero-order chi connectivity index (χ0) is 15.1. The molecule has 0 amide bonds. The molecule has 2 rings (SSSR count). The van der Waals surface area contributed by atoms with Crippen molar-refractivity contribution in [3.8, 4) is 5.75 Å². The monoisotopic (exact) mass is 284 g/mol. The van der Waals surface area contributed by atoms with Crippen LogP contribution in [0.25, 0.3) is 0 Å². The Labute approximate surface area is 127 Å². The molecule has 112 valence electrons. The standard InChI is InChI=1S/C18H24N2O/c1-3-5-13-20(15-9-7-6-8-10-15)16-11-12-17(19)18(14-16)21-4-2/h6-12,14H,3-5,13,19H2,1-2H3. The van der Waals surface area contributed by atoms with Gasteiger partial charge < -0.3 is 15.4 Å². The summed E-state index contributed by atoms with van der Waals surface area (Å²) in [5.74, 6) is 0.757. The average molecular weight is 284 g/mol. The number of anilines is 3. The smallest absolute Gasteiger partial charge is 0.144 e. The molecule has 0 atom stereocenters. The topological polar surface area (TPSA) is 38.5 Å². The number of ether oxygens (including phenoxy) is 1. The van der Waals surface area contributed by atoms with Crippen molar-refractivity contribution < 1.29 is 4.74 Å². The molecule has 21 heavy (non-hydrogen) atoms. The molecule has 0 aliphatic carbocycles. The molecule has 0 radical (unpaired) electrons. The van der Waals surface area contributed by atoms with Crippen molar-refractivity contribution in [3.63, 3.8) is 0 Å². The van der Waals surface area contributed by atoms with Gasteiger partial charge >= 0.3 is 0 Å². The number of nitrogens with zero attached hydrogens (tertiary/aromatic N) is 1. The van der Waals surface area contributed by atoms with Gasteiger partial charge in [-0.3, -0.25) is 0 Å². The quantitative estimate of drug-likeness (QED) is 0.755. The fourth-order valence-electron chi connectivity index (χ4n) is 2.30. The minimum atomic E-state index is 0.619. The SMILES string of the molecule is CCCCN(c1ccccc1)c1ccc(N)c(OCC)c1. The number of para-hydroxylation sites is 1. The van der Waals surface area contributed by atoms with Crippen LogP contribution in [0.15, 0.2) is 48.5 Å². The first-order valence-corrected chi connectivity index (χ1v) is 7.61. The molecular weight excluding hydrogens is 260 g/mol. The van der Waals surface area contributed by atoms with Gasteiger partial charge in [-0.25, -0.2) is 0 Å². The summed E-state index contributed by atoms with van der Waals surface area (Å²) in [5, 5.41) is 0. The highest BCUT2D eigenvalue weighted by Crippen LogP contribution is 2.32. The van der Waals surface area contributed by atoms with Crippen molar-refractivity contribution >= 4 is 17.1 Å². The van der Waals surface area contributed by atoms with Gasteiger partial charge in [0.15, 0.2) is 0 Å². The second-order valence-corrected chi connectivity index (χ2v) is 5.00. The Morgan fingerprint density at radius 3 is 2.43 bits per heavy atom. The Hall–Kier alpha value is -2.16. The van der Waals surface area contributed by atoms with Crippen LogP contribution >= 0.6 is 0 Å². The lowest BCUT2D eigenvalue weighted by Gasteiger charge is -2.25. The Morgan fingerprint density at radius 1 is 1.00 bits per heavy atom. The van der Waals surface area contributed by atoms with Gasteiger partial charge in [0.25, 0.3) is 0 Å². The van der Waals surface area contributed by atoms with E-state index in [0.717, 1.165) is 30.8 Å². The molecule has 0 aromatic heterocycles. The van der Waals surface area contributed by atoms with Crippen LogP contribution in [0.2, 0.25) is 0 Å². The van der Waals surface area contributed by atoms with E-state index in [0.29, 0.717) is 12.3 Å². The molecule has 0 saturated carbocycles. The normalized spacial score (nSPS) is 10.4. The first kappa shape index (κ1) is 15.2. The van der Waals surface area contributed by atoms with Crippen LogP contribution in [0, 0.1) is 0 Å². The predicted octanol–water partition coefficient (Wildman–Crippen LogP) is 4.61. The Bertz CT molecular complexity index is 554. The minimum absolute atomic E-state index is 0.619. The second kappa shape index (κ2) is 7.58. The molecule has 0 unspecified atom stereocenters. The number of rotatable bonds is 7. The molecule has 2 aromatic rings. The van der Waals surface area contributed by atoms with Crippen molar-refractivity contribution in [1.82, 2.24) is 0 Å². The molecule has 0 saturated heterocycles. The summed E-state index contributed by atoms with van der Waals surface area (Å²) in [6, 6.07) is 16.4. The number of nitrogens with two attached hydrogens (primary N) is 1. The van der Waals surface area contributed by atoms with E-state index in [2.05, 4.69) is 42.2 Å². The summed E-state index contributed by atoms with van der Waals surface area (Å²) in [7, 11) is 0. The van der Waals surface area contributed by atoms with E-state index in [9.17, 15) is 0 Å². The fourth-order valence-corrected chi connectivity index (χ4v) is 2.30. The highest BCUT2D eigenvalue weighted by molar-refractivity contribution is 5.69. The second-order valence-electron chi connectivity index (χ2n) is 5.00. The summed E-state index contributed by atoms with van der Waals surface area (Å²) >= 11 is 0. The molecular formula is C18H24N2O. The number of nitrogen functional groups attached to an aromatic ring is 1. The van der Waals surface area contributed by atoms with Gasteiger partial charge in [0.1, 0.15) is 5.75 Å². The van der Waals surface area contributed by atoms with E-state index >= 15 is 0 Å². The maximum atomic E-state index is 5.97. The molecule has 3 heteroatoms. The van der Waals surface area contributed by atoms with Gasteiger partial charge in [0.2, 0.25) is 0 Å². The number of hydrogen-bond donors (Lipinski definition) is 1.